The standard InChI is InChI=1S/C13H16IN3O2/c1-17-2-3-18-10(7-17)8-19-13-11(14)4-9(6-15)5-12(13)16/h4-5,10H,2-3,7-8,16H2,1H3. The molecule has 1 saturated heterocycles. The SMILES string of the molecule is CN1CCOC(COc2c(N)cc(C#N)cc2I)C1. The van der Waals surface area contributed by atoms with Crippen LogP contribution in [0.1, 0.15) is 5.56 Å². The number of nitrogen functional groups attached to an aromatic ring is 1. The van der Waals surface area contributed by atoms with Crippen molar-refractivity contribution >= 4 is 28.3 Å². The van der Waals surface area contributed by atoms with Gasteiger partial charge in [-0.3, -0.25) is 0 Å². The fraction of sp³-hybridized carbons (Fsp3) is 0.462. The van der Waals surface area contributed by atoms with E-state index in [0.29, 0.717) is 23.6 Å². The van der Waals surface area contributed by atoms with Gasteiger partial charge in [-0.05, 0) is 41.8 Å². The first kappa shape index (κ1) is 14.4. The Morgan fingerprint density at radius 1 is 1.63 bits per heavy atom. The maximum absolute atomic E-state index is 8.87. The highest BCUT2D eigenvalue weighted by Crippen LogP contribution is 2.29. The number of nitrogens with two attached hydrogens (primary N) is 1. The number of hydrogen-bond donors (Lipinski definition) is 1. The summed E-state index contributed by atoms with van der Waals surface area (Å²) >= 11 is 2.13. The molecular formula is C13H16IN3O2. The third-order valence-corrected chi connectivity index (χ3v) is 3.76. The summed E-state index contributed by atoms with van der Waals surface area (Å²) in [5.74, 6) is 0.636. The molecule has 1 aliphatic heterocycles. The van der Waals surface area contributed by atoms with Gasteiger partial charge in [0.15, 0.2) is 5.75 Å². The van der Waals surface area contributed by atoms with Crippen molar-refractivity contribution in [2.24, 2.45) is 0 Å². The van der Waals surface area contributed by atoms with Crippen molar-refractivity contribution in [3.8, 4) is 11.8 Å². The van der Waals surface area contributed by atoms with E-state index < -0.39 is 0 Å². The van der Waals surface area contributed by atoms with Crippen LogP contribution in [0.15, 0.2) is 12.1 Å². The van der Waals surface area contributed by atoms with Crippen LogP contribution < -0.4 is 10.5 Å². The van der Waals surface area contributed by atoms with Crippen molar-refractivity contribution in [3.05, 3.63) is 21.3 Å². The second-order valence-corrected chi connectivity index (χ2v) is 5.72. The van der Waals surface area contributed by atoms with Gasteiger partial charge >= 0.3 is 0 Å². The van der Waals surface area contributed by atoms with Gasteiger partial charge in [-0.25, -0.2) is 0 Å². The molecule has 1 aromatic rings. The van der Waals surface area contributed by atoms with Crippen LogP contribution >= 0.6 is 22.6 Å². The largest absolute Gasteiger partial charge is 0.488 e. The van der Waals surface area contributed by atoms with Gasteiger partial charge in [0.25, 0.3) is 0 Å². The molecule has 19 heavy (non-hydrogen) atoms. The predicted octanol–water partition coefficient (Wildman–Crippen LogP) is 1.45. The molecule has 0 spiro atoms. The van der Waals surface area contributed by atoms with E-state index in [9.17, 15) is 0 Å². The number of nitrogens with zero attached hydrogens (tertiary/aromatic N) is 2. The van der Waals surface area contributed by atoms with Gasteiger partial charge in [0, 0.05) is 13.1 Å². The lowest BCUT2D eigenvalue weighted by Gasteiger charge is -2.30. The second kappa shape index (κ2) is 6.41. The van der Waals surface area contributed by atoms with Crippen LogP contribution in [0.3, 0.4) is 0 Å². The molecule has 1 aromatic carbocycles. The fourth-order valence-corrected chi connectivity index (χ4v) is 2.78. The summed E-state index contributed by atoms with van der Waals surface area (Å²) in [5, 5.41) is 8.87. The summed E-state index contributed by atoms with van der Waals surface area (Å²) < 4.78 is 12.2. The number of anilines is 1. The molecule has 1 atom stereocenters. The zero-order valence-corrected chi connectivity index (χ0v) is 12.9. The maximum Gasteiger partial charge on any atom is 0.155 e. The Morgan fingerprint density at radius 3 is 3.05 bits per heavy atom. The quantitative estimate of drug-likeness (QED) is 0.642. The molecule has 2 rings (SSSR count). The van der Waals surface area contributed by atoms with E-state index >= 15 is 0 Å². The van der Waals surface area contributed by atoms with E-state index in [1.54, 1.807) is 12.1 Å². The number of nitriles is 1. The first-order valence-electron chi connectivity index (χ1n) is 6.02. The molecule has 1 unspecified atom stereocenters. The molecular weight excluding hydrogens is 357 g/mol. The molecule has 1 aliphatic rings. The summed E-state index contributed by atoms with van der Waals surface area (Å²) in [4.78, 5) is 2.21. The number of hydrogen-bond acceptors (Lipinski definition) is 5. The lowest BCUT2D eigenvalue weighted by atomic mass is 10.2. The molecule has 0 aromatic heterocycles. The third-order valence-electron chi connectivity index (χ3n) is 2.96. The molecule has 0 radical (unpaired) electrons. The van der Waals surface area contributed by atoms with E-state index in [1.807, 2.05) is 0 Å². The van der Waals surface area contributed by atoms with Crippen LogP contribution in [0.4, 0.5) is 5.69 Å². The third kappa shape index (κ3) is 3.72. The average molecular weight is 373 g/mol. The highest BCUT2D eigenvalue weighted by Gasteiger charge is 2.19. The zero-order valence-electron chi connectivity index (χ0n) is 10.7. The van der Waals surface area contributed by atoms with Crippen molar-refractivity contribution in [2.45, 2.75) is 6.10 Å². The van der Waals surface area contributed by atoms with Crippen LogP contribution in [0, 0.1) is 14.9 Å². The summed E-state index contributed by atoms with van der Waals surface area (Å²) in [5.41, 5.74) is 6.95. The normalized spacial score (nSPS) is 19.9. The van der Waals surface area contributed by atoms with Gasteiger partial charge in [0.05, 0.1) is 27.5 Å². The minimum Gasteiger partial charge on any atom is -0.488 e. The van der Waals surface area contributed by atoms with Crippen LogP contribution in [0.25, 0.3) is 0 Å². The van der Waals surface area contributed by atoms with E-state index in [-0.39, 0.29) is 6.10 Å². The minimum atomic E-state index is 0.0598. The van der Waals surface area contributed by atoms with Gasteiger partial charge in [0.1, 0.15) is 12.7 Å². The smallest absolute Gasteiger partial charge is 0.155 e. The molecule has 0 bridgehead atoms. The van der Waals surface area contributed by atoms with Crippen LogP contribution in [-0.2, 0) is 4.74 Å². The van der Waals surface area contributed by atoms with Crippen molar-refractivity contribution < 1.29 is 9.47 Å². The Bertz CT molecular complexity index is 478. The number of rotatable bonds is 3. The highest BCUT2D eigenvalue weighted by atomic mass is 127. The predicted molar refractivity (Wildman–Crippen MR) is 81.0 cm³/mol. The van der Waals surface area contributed by atoms with E-state index in [2.05, 4.69) is 40.6 Å². The maximum atomic E-state index is 8.87. The summed E-state index contributed by atoms with van der Waals surface area (Å²) in [6.45, 7) is 3.00. The molecule has 1 fully saturated rings. The van der Waals surface area contributed by atoms with Crippen LogP contribution in [0.5, 0.6) is 5.75 Å². The highest BCUT2D eigenvalue weighted by molar-refractivity contribution is 14.1. The van der Waals surface area contributed by atoms with Crippen molar-refractivity contribution in [1.29, 1.82) is 5.26 Å². The molecule has 102 valence electrons. The van der Waals surface area contributed by atoms with Gasteiger partial charge in [-0.1, -0.05) is 0 Å². The lowest BCUT2D eigenvalue weighted by Crippen LogP contribution is -2.42. The van der Waals surface area contributed by atoms with Gasteiger partial charge in [-0.15, -0.1) is 0 Å². The average Bonchev–Trinajstić information content (AvgIpc) is 2.37. The van der Waals surface area contributed by atoms with Crippen LogP contribution in [-0.4, -0.2) is 44.4 Å². The Kier molecular flexibility index (Phi) is 4.85. The monoisotopic (exact) mass is 373 g/mol. The van der Waals surface area contributed by atoms with Gasteiger partial charge in [0.2, 0.25) is 0 Å². The molecule has 6 heteroatoms. The first-order chi connectivity index (χ1) is 9.10. The van der Waals surface area contributed by atoms with Gasteiger partial charge in [-0.2, -0.15) is 5.26 Å². The molecule has 1 heterocycles. The van der Waals surface area contributed by atoms with E-state index in [4.69, 9.17) is 20.5 Å². The van der Waals surface area contributed by atoms with Crippen LogP contribution in [0.2, 0.25) is 0 Å². The molecule has 5 nitrogen and oxygen atoms in total. The zero-order chi connectivity index (χ0) is 13.8. The number of halogens is 1. The fourth-order valence-electron chi connectivity index (χ4n) is 1.98. The number of likely N-dealkylation sites (N-methyl/N-ethyl adjacent to an activating group) is 1. The summed E-state index contributed by atoms with van der Waals surface area (Å²) in [7, 11) is 2.06. The second-order valence-electron chi connectivity index (χ2n) is 4.55. The Morgan fingerprint density at radius 2 is 2.42 bits per heavy atom. The Balaban J connectivity index is 2.01. The molecule has 2 N–H and O–H groups in total. The molecule has 0 aliphatic carbocycles. The van der Waals surface area contributed by atoms with Crippen molar-refractivity contribution in [1.82, 2.24) is 4.90 Å². The number of ether oxygens (including phenoxy) is 2. The molecule has 0 amide bonds. The number of morpholine rings is 1. The van der Waals surface area contributed by atoms with E-state index in [1.165, 1.54) is 0 Å². The summed E-state index contributed by atoms with van der Waals surface area (Å²) in [6.07, 6.45) is 0.0598. The number of benzene rings is 1. The van der Waals surface area contributed by atoms with E-state index in [0.717, 1.165) is 23.3 Å². The Hall–Kier alpha value is -1.04. The molecule has 0 saturated carbocycles. The van der Waals surface area contributed by atoms with Crippen molar-refractivity contribution in [3.63, 3.8) is 0 Å². The minimum absolute atomic E-state index is 0.0598. The topological polar surface area (TPSA) is 71.5 Å². The van der Waals surface area contributed by atoms with Gasteiger partial charge < -0.3 is 20.1 Å². The Labute approximate surface area is 126 Å². The van der Waals surface area contributed by atoms with Crippen molar-refractivity contribution in [2.75, 3.05) is 39.1 Å². The summed E-state index contributed by atoms with van der Waals surface area (Å²) in [6, 6.07) is 5.47. The lowest BCUT2D eigenvalue weighted by molar-refractivity contribution is -0.0403. The first-order valence-corrected chi connectivity index (χ1v) is 7.10.